The van der Waals surface area contributed by atoms with Gasteiger partial charge in [0, 0.05) is 24.3 Å². The molecule has 1 fully saturated rings. The van der Waals surface area contributed by atoms with Gasteiger partial charge in [-0.1, -0.05) is 18.2 Å². The van der Waals surface area contributed by atoms with Crippen molar-refractivity contribution in [3.05, 3.63) is 30.3 Å². The van der Waals surface area contributed by atoms with Crippen molar-refractivity contribution in [2.45, 2.75) is 25.4 Å². The first-order chi connectivity index (χ1) is 7.65. The Hall–Kier alpha value is -1.06. The predicted octanol–water partition coefficient (Wildman–Crippen LogP) is 1.24. The Morgan fingerprint density at radius 2 is 2.06 bits per heavy atom. The highest BCUT2D eigenvalue weighted by atomic mass is 16.3. The molecule has 0 aliphatic carbocycles. The molecule has 1 unspecified atom stereocenters. The molecule has 0 amide bonds. The fourth-order valence-electron chi connectivity index (χ4n) is 2.51. The minimum atomic E-state index is 0.0347. The zero-order valence-electron chi connectivity index (χ0n) is 9.98. The van der Waals surface area contributed by atoms with Crippen molar-refractivity contribution in [3.63, 3.8) is 0 Å². The van der Waals surface area contributed by atoms with Crippen LogP contribution in [0.4, 0.5) is 5.69 Å². The lowest BCUT2D eigenvalue weighted by molar-refractivity contribution is 0.212. The minimum Gasteiger partial charge on any atom is -0.394 e. The number of hydrogen-bond acceptors (Lipinski definition) is 3. The van der Waals surface area contributed by atoms with Crippen LogP contribution in [0.3, 0.4) is 0 Å². The molecule has 0 aromatic heterocycles. The first kappa shape index (κ1) is 11.4. The van der Waals surface area contributed by atoms with E-state index < -0.39 is 0 Å². The lowest BCUT2D eigenvalue weighted by Crippen LogP contribution is -2.64. The summed E-state index contributed by atoms with van der Waals surface area (Å²) in [5, 5.41) is 12.8. The zero-order chi connectivity index (χ0) is 11.6. The lowest BCUT2D eigenvalue weighted by Gasteiger charge is -2.49. The van der Waals surface area contributed by atoms with Crippen molar-refractivity contribution < 1.29 is 5.11 Å². The predicted molar refractivity (Wildman–Crippen MR) is 66.7 cm³/mol. The molecule has 1 aromatic carbocycles. The van der Waals surface area contributed by atoms with Crippen LogP contribution >= 0.6 is 0 Å². The van der Waals surface area contributed by atoms with E-state index in [0.717, 1.165) is 13.1 Å². The van der Waals surface area contributed by atoms with E-state index in [1.807, 2.05) is 18.2 Å². The van der Waals surface area contributed by atoms with Crippen molar-refractivity contribution in [3.8, 4) is 0 Å². The average molecular weight is 220 g/mol. The Balaban J connectivity index is 2.33. The molecule has 0 saturated carbocycles. The van der Waals surface area contributed by atoms with E-state index in [0.29, 0.717) is 0 Å². The molecule has 2 N–H and O–H groups in total. The number of rotatable bonds is 2. The van der Waals surface area contributed by atoms with Crippen molar-refractivity contribution in [2.24, 2.45) is 0 Å². The molecule has 0 spiro atoms. The summed E-state index contributed by atoms with van der Waals surface area (Å²) < 4.78 is 0. The van der Waals surface area contributed by atoms with Gasteiger partial charge in [-0.15, -0.1) is 0 Å². The van der Waals surface area contributed by atoms with Crippen LogP contribution in [-0.4, -0.2) is 36.4 Å². The summed E-state index contributed by atoms with van der Waals surface area (Å²) in [6.45, 7) is 6.38. The van der Waals surface area contributed by atoms with Gasteiger partial charge >= 0.3 is 0 Å². The van der Waals surface area contributed by atoms with Gasteiger partial charge < -0.3 is 15.3 Å². The molecular weight excluding hydrogens is 200 g/mol. The number of benzene rings is 1. The Bertz CT molecular complexity index is 337. The number of hydrogen-bond donors (Lipinski definition) is 2. The third kappa shape index (κ3) is 2.06. The van der Waals surface area contributed by atoms with E-state index >= 15 is 0 Å². The fourth-order valence-corrected chi connectivity index (χ4v) is 2.51. The van der Waals surface area contributed by atoms with Gasteiger partial charge in [-0.2, -0.15) is 0 Å². The summed E-state index contributed by atoms with van der Waals surface area (Å²) in [7, 11) is 0. The Labute approximate surface area is 97.1 Å². The molecule has 3 nitrogen and oxygen atoms in total. The summed E-state index contributed by atoms with van der Waals surface area (Å²) in [4.78, 5) is 2.32. The molecule has 1 saturated heterocycles. The Morgan fingerprint density at radius 3 is 2.69 bits per heavy atom. The van der Waals surface area contributed by atoms with E-state index in [1.165, 1.54) is 5.69 Å². The summed E-state index contributed by atoms with van der Waals surface area (Å²) in [6.07, 6.45) is 0. The maximum Gasteiger partial charge on any atom is 0.0651 e. The number of para-hydroxylation sites is 1. The second-order valence-electron chi connectivity index (χ2n) is 4.99. The topological polar surface area (TPSA) is 35.5 Å². The maximum absolute atomic E-state index is 9.47. The third-order valence-corrected chi connectivity index (χ3v) is 3.20. The molecule has 0 radical (unpaired) electrons. The van der Waals surface area contributed by atoms with E-state index in [-0.39, 0.29) is 18.2 Å². The van der Waals surface area contributed by atoms with E-state index in [2.05, 4.69) is 36.2 Å². The number of aliphatic hydroxyl groups is 1. The molecule has 16 heavy (non-hydrogen) atoms. The Morgan fingerprint density at radius 1 is 1.38 bits per heavy atom. The highest BCUT2D eigenvalue weighted by molar-refractivity contribution is 5.50. The van der Waals surface area contributed by atoms with Crippen LogP contribution in [0.1, 0.15) is 13.8 Å². The van der Waals surface area contributed by atoms with Crippen LogP contribution in [0.15, 0.2) is 30.3 Å². The minimum absolute atomic E-state index is 0.0347. The average Bonchev–Trinajstić information content (AvgIpc) is 2.28. The zero-order valence-corrected chi connectivity index (χ0v) is 9.98. The first-order valence-electron chi connectivity index (χ1n) is 5.81. The van der Waals surface area contributed by atoms with Gasteiger partial charge in [0.1, 0.15) is 0 Å². The fraction of sp³-hybridized carbons (Fsp3) is 0.538. The summed E-state index contributed by atoms with van der Waals surface area (Å²) in [5.41, 5.74) is 1.22. The van der Waals surface area contributed by atoms with Crippen LogP contribution in [-0.2, 0) is 0 Å². The maximum atomic E-state index is 9.47. The summed E-state index contributed by atoms with van der Waals surface area (Å²) in [6, 6.07) is 10.5. The largest absolute Gasteiger partial charge is 0.394 e. The van der Waals surface area contributed by atoms with E-state index in [4.69, 9.17) is 0 Å². The number of piperazine rings is 1. The third-order valence-electron chi connectivity index (χ3n) is 3.20. The van der Waals surface area contributed by atoms with E-state index in [1.54, 1.807) is 0 Å². The molecular formula is C13H20N2O. The number of anilines is 1. The SMILES string of the molecule is CC1(C)CNCC(CO)N1c1ccccc1. The molecule has 0 bridgehead atoms. The van der Waals surface area contributed by atoms with Crippen molar-refractivity contribution >= 4 is 5.69 Å². The van der Waals surface area contributed by atoms with Crippen molar-refractivity contribution in [1.82, 2.24) is 5.32 Å². The standard InChI is InChI=1S/C13H20N2O/c1-13(2)10-14-8-12(9-16)15(13)11-6-4-3-5-7-11/h3-7,12,14,16H,8-10H2,1-2H3. The molecule has 1 atom stereocenters. The second kappa shape index (κ2) is 4.44. The van der Waals surface area contributed by atoms with Gasteiger partial charge in [0.2, 0.25) is 0 Å². The van der Waals surface area contributed by atoms with Crippen LogP contribution < -0.4 is 10.2 Å². The molecule has 3 heteroatoms. The van der Waals surface area contributed by atoms with Gasteiger partial charge in [-0.25, -0.2) is 0 Å². The van der Waals surface area contributed by atoms with Gasteiger partial charge in [0.25, 0.3) is 0 Å². The number of nitrogens with zero attached hydrogens (tertiary/aromatic N) is 1. The molecule has 2 rings (SSSR count). The van der Waals surface area contributed by atoms with Crippen LogP contribution in [0.25, 0.3) is 0 Å². The van der Waals surface area contributed by atoms with Gasteiger partial charge in [0.15, 0.2) is 0 Å². The number of aliphatic hydroxyl groups excluding tert-OH is 1. The highest BCUT2D eigenvalue weighted by Crippen LogP contribution is 2.28. The van der Waals surface area contributed by atoms with Crippen LogP contribution in [0.2, 0.25) is 0 Å². The molecule has 1 aliphatic heterocycles. The van der Waals surface area contributed by atoms with Crippen molar-refractivity contribution in [2.75, 3.05) is 24.6 Å². The van der Waals surface area contributed by atoms with Gasteiger partial charge in [-0.05, 0) is 26.0 Å². The smallest absolute Gasteiger partial charge is 0.0651 e. The summed E-state index contributed by atoms with van der Waals surface area (Å²) in [5.74, 6) is 0. The van der Waals surface area contributed by atoms with Gasteiger partial charge in [-0.3, -0.25) is 0 Å². The lowest BCUT2D eigenvalue weighted by atomic mass is 9.95. The van der Waals surface area contributed by atoms with Gasteiger partial charge in [0.05, 0.1) is 12.6 Å². The van der Waals surface area contributed by atoms with Crippen LogP contribution in [0, 0.1) is 0 Å². The highest BCUT2D eigenvalue weighted by Gasteiger charge is 2.35. The molecule has 1 heterocycles. The Kier molecular flexibility index (Phi) is 3.17. The first-order valence-corrected chi connectivity index (χ1v) is 5.81. The monoisotopic (exact) mass is 220 g/mol. The molecule has 88 valence electrons. The molecule has 1 aromatic rings. The van der Waals surface area contributed by atoms with Crippen LogP contribution in [0.5, 0.6) is 0 Å². The second-order valence-corrected chi connectivity index (χ2v) is 4.99. The molecule has 1 aliphatic rings. The quantitative estimate of drug-likeness (QED) is 0.787. The number of nitrogens with one attached hydrogen (secondary N) is 1. The van der Waals surface area contributed by atoms with E-state index in [9.17, 15) is 5.11 Å². The van der Waals surface area contributed by atoms with Crippen molar-refractivity contribution in [1.29, 1.82) is 0 Å². The summed E-state index contributed by atoms with van der Waals surface area (Å²) >= 11 is 0. The normalized spacial score (nSPS) is 24.4.